The maximum Gasteiger partial charge on any atom is 0.251 e. The number of ether oxygens (including phenoxy) is 2. The number of benzene rings is 2. The zero-order valence-corrected chi connectivity index (χ0v) is 14.3. The van der Waals surface area contributed by atoms with Crippen molar-refractivity contribution in [3.8, 4) is 11.5 Å². The predicted molar refractivity (Wildman–Crippen MR) is 90.9 cm³/mol. The highest BCUT2D eigenvalue weighted by atomic mass is 35.5. The molecule has 0 aliphatic carbocycles. The number of fused-ring (bicyclic) bond motifs is 1. The molecule has 5 nitrogen and oxygen atoms in total. The summed E-state index contributed by atoms with van der Waals surface area (Å²) in [4.78, 5) is 12.2. The minimum Gasteiger partial charge on any atom is -0.454 e. The van der Waals surface area contributed by atoms with Crippen molar-refractivity contribution < 1.29 is 19.4 Å². The molecule has 1 aliphatic heterocycles. The molecule has 7 heteroatoms. The van der Waals surface area contributed by atoms with E-state index in [0.29, 0.717) is 32.7 Å². The Morgan fingerprint density at radius 2 is 1.92 bits per heavy atom. The number of halogens is 2. The number of hydrogen-bond donors (Lipinski definition) is 2. The maximum absolute atomic E-state index is 12.2. The molecule has 0 fully saturated rings. The molecule has 1 heterocycles. The topological polar surface area (TPSA) is 67.8 Å². The normalized spacial score (nSPS) is 15.0. The van der Waals surface area contributed by atoms with Gasteiger partial charge in [0.2, 0.25) is 6.79 Å². The molecule has 1 aliphatic rings. The first kappa shape index (κ1) is 16.9. The third kappa shape index (κ3) is 3.43. The van der Waals surface area contributed by atoms with Crippen LogP contribution in [0.15, 0.2) is 36.4 Å². The van der Waals surface area contributed by atoms with Crippen LogP contribution in [0.3, 0.4) is 0 Å². The average Bonchev–Trinajstić information content (AvgIpc) is 3.03. The van der Waals surface area contributed by atoms with E-state index in [1.165, 1.54) is 6.07 Å². The highest BCUT2D eigenvalue weighted by Crippen LogP contribution is 2.35. The summed E-state index contributed by atoms with van der Waals surface area (Å²) in [6.45, 7) is 1.79. The zero-order valence-electron chi connectivity index (χ0n) is 12.8. The fraction of sp³-hybridized carbons (Fsp3) is 0.235. The van der Waals surface area contributed by atoms with Gasteiger partial charge in [-0.15, -0.1) is 0 Å². The molecule has 1 atom stereocenters. The Bertz CT molecular complexity index is 792. The van der Waals surface area contributed by atoms with E-state index >= 15 is 0 Å². The Morgan fingerprint density at radius 3 is 2.67 bits per heavy atom. The molecule has 1 amide bonds. The molecule has 0 bridgehead atoms. The number of rotatable bonds is 4. The summed E-state index contributed by atoms with van der Waals surface area (Å²) in [5.41, 5.74) is -0.292. The molecule has 0 radical (unpaired) electrons. The first-order valence-electron chi connectivity index (χ1n) is 7.22. The third-order valence-electron chi connectivity index (χ3n) is 3.77. The van der Waals surface area contributed by atoms with Gasteiger partial charge in [-0.3, -0.25) is 4.79 Å². The van der Waals surface area contributed by atoms with E-state index in [0.717, 1.165) is 0 Å². The first-order chi connectivity index (χ1) is 11.4. The molecule has 0 saturated carbocycles. The van der Waals surface area contributed by atoms with Gasteiger partial charge in [-0.2, -0.15) is 0 Å². The summed E-state index contributed by atoms with van der Waals surface area (Å²) in [5.74, 6) is 0.854. The lowest BCUT2D eigenvalue weighted by Crippen LogP contribution is -2.38. The maximum atomic E-state index is 12.2. The van der Waals surface area contributed by atoms with Gasteiger partial charge in [0.05, 0.1) is 16.6 Å². The fourth-order valence-electron chi connectivity index (χ4n) is 2.33. The summed E-state index contributed by atoms with van der Waals surface area (Å²) in [7, 11) is 0. The molecule has 2 N–H and O–H groups in total. The van der Waals surface area contributed by atoms with Crippen LogP contribution in [-0.4, -0.2) is 24.4 Å². The van der Waals surface area contributed by atoms with Crippen LogP contribution >= 0.6 is 23.2 Å². The van der Waals surface area contributed by atoms with Gasteiger partial charge in [0.25, 0.3) is 5.91 Å². The number of aliphatic hydroxyl groups is 1. The Morgan fingerprint density at radius 1 is 1.17 bits per heavy atom. The molecule has 1 unspecified atom stereocenters. The number of amides is 1. The van der Waals surface area contributed by atoms with E-state index in [-0.39, 0.29) is 19.2 Å². The Hall–Kier alpha value is -1.95. The SMILES string of the molecule is CC(O)(CNC(=O)c1ccc(Cl)c(Cl)c1)c1ccc2c(c1)OCO2. The standard InChI is InChI=1S/C17H15Cl2NO4/c1-17(22,11-3-5-14-15(7-11)24-9-23-14)8-20-16(21)10-2-4-12(18)13(19)6-10/h2-7,22H,8-9H2,1H3,(H,20,21). The Kier molecular flexibility index (Phi) is 4.58. The van der Waals surface area contributed by atoms with Crippen LogP contribution in [0.2, 0.25) is 10.0 Å². The van der Waals surface area contributed by atoms with Crippen LogP contribution in [-0.2, 0) is 5.60 Å². The van der Waals surface area contributed by atoms with E-state index in [1.54, 1.807) is 37.3 Å². The molecule has 0 spiro atoms. The molecule has 3 rings (SSSR count). The van der Waals surface area contributed by atoms with E-state index in [2.05, 4.69) is 5.32 Å². The average molecular weight is 368 g/mol. The summed E-state index contributed by atoms with van der Waals surface area (Å²) in [6.07, 6.45) is 0. The molecule has 0 aromatic heterocycles. The van der Waals surface area contributed by atoms with Gasteiger partial charge in [0.1, 0.15) is 5.60 Å². The van der Waals surface area contributed by atoms with Gasteiger partial charge in [0, 0.05) is 5.56 Å². The van der Waals surface area contributed by atoms with Crippen LogP contribution in [0.5, 0.6) is 11.5 Å². The van der Waals surface area contributed by atoms with E-state index < -0.39 is 5.60 Å². The molecule has 2 aromatic carbocycles. The van der Waals surface area contributed by atoms with Gasteiger partial charge in [-0.25, -0.2) is 0 Å². The quantitative estimate of drug-likeness (QED) is 0.869. The summed E-state index contributed by atoms with van der Waals surface area (Å²) in [5, 5.41) is 14.0. The fourth-order valence-corrected chi connectivity index (χ4v) is 2.62. The minimum atomic E-state index is -1.27. The highest BCUT2D eigenvalue weighted by molar-refractivity contribution is 6.42. The molecule has 24 heavy (non-hydrogen) atoms. The van der Waals surface area contributed by atoms with Crippen molar-refractivity contribution >= 4 is 29.1 Å². The third-order valence-corrected chi connectivity index (χ3v) is 4.51. The van der Waals surface area contributed by atoms with Crippen LogP contribution in [0.4, 0.5) is 0 Å². The second-order valence-electron chi connectivity index (χ2n) is 5.65. The van der Waals surface area contributed by atoms with E-state index in [4.69, 9.17) is 32.7 Å². The van der Waals surface area contributed by atoms with Gasteiger partial charge in [0.15, 0.2) is 11.5 Å². The van der Waals surface area contributed by atoms with Crippen molar-refractivity contribution in [1.29, 1.82) is 0 Å². The molecular formula is C17H15Cl2NO4. The van der Waals surface area contributed by atoms with Crippen molar-refractivity contribution in [2.75, 3.05) is 13.3 Å². The van der Waals surface area contributed by atoms with Gasteiger partial charge in [-0.1, -0.05) is 29.3 Å². The largest absolute Gasteiger partial charge is 0.454 e. The molecular weight excluding hydrogens is 353 g/mol. The summed E-state index contributed by atoms with van der Waals surface area (Å²) in [6, 6.07) is 9.77. The Labute approximate surface area is 149 Å². The van der Waals surface area contributed by atoms with Gasteiger partial charge < -0.3 is 19.9 Å². The smallest absolute Gasteiger partial charge is 0.251 e. The minimum absolute atomic E-state index is 0.0196. The lowest BCUT2D eigenvalue weighted by atomic mass is 9.95. The number of carbonyl (C=O) groups excluding carboxylic acids is 1. The van der Waals surface area contributed by atoms with Crippen molar-refractivity contribution in [2.24, 2.45) is 0 Å². The molecule has 126 valence electrons. The summed E-state index contributed by atoms with van der Waals surface area (Å²) < 4.78 is 10.6. The van der Waals surface area contributed by atoms with Crippen molar-refractivity contribution in [2.45, 2.75) is 12.5 Å². The van der Waals surface area contributed by atoms with E-state index in [9.17, 15) is 9.90 Å². The van der Waals surface area contributed by atoms with Gasteiger partial charge >= 0.3 is 0 Å². The van der Waals surface area contributed by atoms with Crippen molar-refractivity contribution in [3.63, 3.8) is 0 Å². The number of carbonyl (C=O) groups is 1. The highest BCUT2D eigenvalue weighted by Gasteiger charge is 2.26. The number of hydrogen-bond acceptors (Lipinski definition) is 4. The lowest BCUT2D eigenvalue weighted by Gasteiger charge is -2.24. The summed E-state index contributed by atoms with van der Waals surface area (Å²) >= 11 is 11.7. The van der Waals surface area contributed by atoms with Gasteiger partial charge in [-0.05, 0) is 42.8 Å². The number of nitrogens with one attached hydrogen (secondary N) is 1. The lowest BCUT2D eigenvalue weighted by molar-refractivity contribution is 0.0525. The second-order valence-corrected chi connectivity index (χ2v) is 6.47. The van der Waals surface area contributed by atoms with Crippen LogP contribution < -0.4 is 14.8 Å². The molecule has 2 aromatic rings. The predicted octanol–water partition coefficient (Wildman–Crippen LogP) is 3.36. The Balaban J connectivity index is 1.70. The van der Waals surface area contributed by atoms with Crippen LogP contribution in [0.1, 0.15) is 22.8 Å². The van der Waals surface area contributed by atoms with Crippen molar-refractivity contribution in [3.05, 3.63) is 57.6 Å². The van der Waals surface area contributed by atoms with Crippen LogP contribution in [0.25, 0.3) is 0 Å². The van der Waals surface area contributed by atoms with E-state index in [1.807, 2.05) is 0 Å². The second kappa shape index (κ2) is 6.51. The van der Waals surface area contributed by atoms with Crippen molar-refractivity contribution in [1.82, 2.24) is 5.32 Å². The monoisotopic (exact) mass is 367 g/mol. The first-order valence-corrected chi connectivity index (χ1v) is 7.98. The zero-order chi connectivity index (χ0) is 17.3. The molecule has 0 saturated heterocycles. The van der Waals surface area contributed by atoms with Crippen LogP contribution in [0, 0.1) is 0 Å².